The fourth-order valence-corrected chi connectivity index (χ4v) is 2.34. The van der Waals surface area contributed by atoms with Crippen molar-refractivity contribution in [1.29, 1.82) is 0 Å². The van der Waals surface area contributed by atoms with Gasteiger partial charge in [-0.25, -0.2) is 19.7 Å². The van der Waals surface area contributed by atoms with Crippen molar-refractivity contribution >= 4 is 22.9 Å². The highest BCUT2D eigenvalue weighted by Gasteiger charge is 2.17. The van der Waals surface area contributed by atoms with E-state index in [9.17, 15) is 4.79 Å². The molecule has 2 amide bonds. The molecule has 0 bridgehead atoms. The lowest BCUT2D eigenvalue weighted by Gasteiger charge is -2.12. The molecule has 2 aromatic rings. The molecule has 1 aliphatic carbocycles. The summed E-state index contributed by atoms with van der Waals surface area (Å²) in [5, 5.41) is 6.54. The first-order valence-electron chi connectivity index (χ1n) is 6.45. The number of urea groups is 1. The van der Waals surface area contributed by atoms with Crippen molar-refractivity contribution in [3.05, 3.63) is 24.7 Å². The highest BCUT2D eigenvalue weighted by Crippen LogP contribution is 2.18. The van der Waals surface area contributed by atoms with Crippen LogP contribution >= 0.6 is 0 Å². The number of aromatic nitrogens is 3. The second-order valence-electron chi connectivity index (χ2n) is 4.71. The minimum absolute atomic E-state index is 0.201. The molecule has 3 rings (SSSR count). The van der Waals surface area contributed by atoms with E-state index >= 15 is 0 Å². The molecule has 2 N–H and O–H groups in total. The maximum absolute atomic E-state index is 11.8. The van der Waals surface area contributed by atoms with Crippen LogP contribution in [0.25, 0.3) is 11.0 Å². The minimum atomic E-state index is -0.201. The summed E-state index contributed by atoms with van der Waals surface area (Å²) in [5.74, 6) is 0.502. The van der Waals surface area contributed by atoms with Crippen LogP contribution in [0, 0.1) is 0 Å². The Hall–Kier alpha value is -2.24. The third-order valence-electron chi connectivity index (χ3n) is 3.30. The second-order valence-corrected chi connectivity index (χ2v) is 4.71. The molecule has 0 saturated heterocycles. The quantitative estimate of drug-likeness (QED) is 0.863. The molecule has 0 spiro atoms. The van der Waals surface area contributed by atoms with E-state index in [1.54, 1.807) is 12.3 Å². The van der Waals surface area contributed by atoms with Gasteiger partial charge < -0.3 is 5.32 Å². The number of carbonyl (C=O) groups is 1. The van der Waals surface area contributed by atoms with E-state index in [2.05, 4.69) is 25.6 Å². The first-order valence-corrected chi connectivity index (χ1v) is 6.45. The topological polar surface area (TPSA) is 79.8 Å². The van der Waals surface area contributed by atoms with Gasteiger partial charge in [0.2, 0.25) is 0 Å². The molecule has 0 unspecified atom stereocenters. The van der Waals surface area contributed by atoms with Gasteiger partial charge in [0.1, 0.15) is 12.1 Å². The van der Waals surface area contributed by atoms with Crippen LogP contribution in [0.15, 0.2) is 24.7 Å². The second kappa shape index (κ2) is 5.17. The molecular formula is C13H15N5O. The standard InChI is InChI=1S/C13H15N5O/c19-13(16-10-3-1-2-4-10)18-11-6-5-9-7-14-8-15-12(9)17-11/h5-8,10H,1-4H2,(H2,14,15,16,17,18,19). The van der Waals surface area contributed by atoms with Crippen molar-refractivity contribution in [2.24, 2.45) is 0 Å². The van der Waals surface area contributed by atoms with Gasteiger partial charge in [-0.15, -0.1) is 0 Å². The number of nitrogens with one attached hydrogen (secondary N) is 2. The molecule has 2 aromatic heterocycles. The largest absolute Gasteiger partial charge is 0.335 e. The smallest absolute Gasteiger partial charge is 0.320 e. The molecule has 0 aliphatic heterocycles. The predicted molar refractivity (Wildman–Crippen MR) is 71.7 cm³/mol. The van der Waals surface area contributed by atoms with Crippen molar-refractivity contribution in [2.75, 3.05) is 5.32 Å². The number of fused-ring (bicyclic) bond motifs is 1. The molecule has 1 aliphatic rings. The Morgan fingerprint density at radius 3 is 2.95 bits per heavy atom. The Balaban J connectivity index is 1.68. The Morgan fingerprint density at radius 2 is 2.11 bits per heavy atom. The van der Waals surface area contributed by atoms with Crippen LogP contribution in [0.2, 0.25) is 0 Å². The van der Waals surface area contributed by atoms with E-state index in [-0.39, 0.29) is 6.03 Å². The van der Waals surface area contributed by atoms with Crippen LogP contribution in [-0.4, -0.2) is 27.0 Å². The number of rotatable bonds is 2. The first kappa shape index (κ1) is 11.8. The van der Waals surface area contributed by atoms with Crippen molar-refractivity contribution in [1.82, 2.24) is 20.3 Å². The average molecular weight is 257 g/mol. The number of carbonyl (C=O) groups excluding carboxylic acids is 1. The normalized spacial score (nSPS) is 15.6. The lowest BCUT2D eigenvalue weighted by atomic mass is 10.2. The number of anilines is 1. The number of nitrogens with zero attached hydrogens (tertiary/aromatic N) is 3. The van der Waals surface area contributed by atoms with Crippen LogP contribution in [0.1, 0.15) is 25.7 Å². The predicted octanol–water partition coefficient (Wildman–Crippen LogP) is 2.09. The summed E-state index contributed by atoms with van der Waals surface area (Å²) in [7, 11) is 0. The number of hydrogen-bond donors (Lipinski definition) is 2. The molecule has 1 fully saturated rings. The van der Waals surface area contributed by atoms with Gasteiger partial charge in [0, 0.05) is 17.6 Å². The average Bonchev–Trinajstić information content (AvgIpc) is 2.91. The third kappa shape index (κ3) is 2.78. The molecule has 2 heterocycles. The Bertz CT molecular complexity index is 594. The molecular weight excluding hydrogens is 242 g/mol. The number of hydrogen-bond acceptors (Lipinski definition) is 4. The summed E-state index contributed by atoms with van der Waals surface area (Å²) in [6.45, 7) is 0. The Morgan fingerprint density at radius 1 is 1.26 bits per heavy atom. The van der Waals surface area contributed by atoms with Gasteiger partial charge in [0.05, 0.1) is 0 Å². The van der Waals surface area contributed by atoms with Crippen molar-refractivity contribution in [3.8, 4) is 0 Å². The van der Waals surface area contributed by atoms with Gasteiger partial charge in [-0.3, -0.25) is 5.32 Å². The molecule has 98 valence electrons. The first-order chi connectivity index (χ1) is 9.31. The minimum Gasteiger partial charge on any atom is -0.335 e. The van der Waals surface area contributed by atoms with E-state index in [0.29, 0.717) is 17.5 Å². The third-order valence-corrected chi connectivity index (χ3v) is 3.30. The van der Waals surface area contributed by atoms with Gasteiger partial charge in [-0.05, 0) is 25.0 Å². The molecule has 0 aromatic carbocycles. The van der Waals surface area contributed by atoms with E-state index < -0.39 is 0 Å². The zero-order valence-corrected chi connectivity index (χ0v) is 10.5. The van der Waals surface area contributed by atoms with E-state index in [1.807, 2.05) is 6.07 Å². The van der Waals surface area contributed by atoms with Gasteiger partial charge in [0.15, 0.2) is 5.65 Å². The zero-order valence-electron chi connectivity index (χ0n) is 10.5. The summed E-state index contributed by atoms with van der Waals surface area (Å²) < 4.78 is 0. The monoisotopic (exact) mass is 257 g/mol. The molecule has 1 saturated carbocycles. The van der Waals surface area contributed by atoms with Gasteiger partial charge in [-0.1, -0.05) is 12.8 Å². The molecule has 6 nitrogen and oxygen atoms in total. The van der Waals surface area contributed by atoms with Gasteiger partial charge >= 0.3 is 6.03 Å². The van der Waals surface area contributed by atoms with Crippen molar-refractivity contribution < 1.29 is 4.79 Å². The highest BCUT2D eigenvalue weighted by atomic mass is 16.2. The SMILES string of the molecule is O=C(Nc1ccc2cncnc2n1)NC1CCCC1. The fraction of sp³-hybridized carbons (Fsp3) is 0.385. The maximum atomic E-state index is 11.8. The van der Waals surface area contributed by atoms with Crippen LogP contribution in [0.4, 0.5) is 10.6 Å². The summed E-state index contributed by atoms with van der Waals surface area (Å²) in [5.41, 5.74) is 0.577. The van der Waals surface area contributed by atoms with Crippen LogP contribution in [0.3, 0.4) is 0 Å². The number of amides is 2. The van der Waals surface area contributed by atoms with Crippen LogP contribution < -0.4 is 10.6 Å². The Kier molecular flexibility index (Phi) is 3.22. The lowest BCUT2D eigenvalue weighted by molar-refractivity contribution is 0.248. The van der Waals surface area contributed by atoms with E-state index in [1.165, 1.54) is 19.2 Å². The zero-order chi connectivity index (χ0) is 13.1. The maximum Gasteiger partial charge on any atom is 0.320 e. The van der Waals surface area contributed by atoms with Gasteiger partial charge in [0.25, 0.3) is 0 Å². The summed E-state index contributed by atoms with van der Waals surface area (Å²) in [4.78, 5) is 24.1. The highest BCUT2D eigenvalue weighted by molar-refractivity contribution is 5.89. The van der Waals surface area contributed by atoms with Crippen molar-refractivity contribution in [3.63, 3.8) is 0 Å². The van der Waals surface area contributed by atoms with Crippen molar-refractivity contribution in [2.45, 2.75) is 31.7 Å². The van der Waals surface area contributed by atoms with E-state index in [4.69, 9.17) is 0 Å². The summed E-state index contributed by atoms with van der Waals surface area (Å²) in [6, 6.07) is 3.68. The lowest BCUT2D eigenvalue weighted by Crippen LogP contribution is -2.36. The summed E-state index contributed by atoms with van der Waals surface area (Å²) >= 11 is 0. The van der Waals surface area contributed by atoms with Crippen LogP contribution in [0.5, 0.6) is 0 Å². The Labute approximate surface area is 110 Å². The molecule has 19 heavy (non-hydrogen) atoms. The van der Waals surface area contributed by atoms with E-state index in [0.717, 1.165) is 18.2 Å². The van der Waals surface area contributed by atoms with Gasteiger partial charge in [-0.2, -0.15) is 0 Å². The fourth-order valence-electron chi connectivity index (χ4n) is 2.34. The molecule has 0 atom stereocenters. The summed E-state index contributed by atoms with van der Waals surface area (Å²) in [6.07, 6.45) is 7.64. The molecule has 0 radical (unpaired) electrons. The van der Waals surface area contributed by atoms with Crippen LogP contribution in [-0.2, 0) is 0 Å². The number of pyridine rings is 1. The molecule has 6 heteroatoms.